The number of anilines is 1. The monoisotopic (exact) mass is 377 g/mol. The van der Waals surface area contributed by atoms with Crippen molar-refractivity contribution in [3.05, 3.63) is 64.7 Å². The number of likely N-dealkylation sites (N-methyl/N-ethyl adjacent to an activating group) is 1. The molecule has 5 nitrogen and oxygen atoms in total. The summed E-state index contributed by atoms with van der Waals surface area (Å²) in [7, 11) is 0. The summed E-state index contributed by atoms with van der Waals surface area (Å²) in [6, 6.07) is 10.5. The molecule has 1 aliphatic heterocycles. The Hall–Kier alpha value is -3.08. The van der Waals surface area contributed by atoms with E-state index in [4.69, 9.17) is 0 Å². The lowest BCUT2D eigenvalue weighted by Crippen LogP contribution is -2.45. The van der Waals surface area contributed by atoms with Crippen molar-refractivity contribution < 1.29 is 9.90 Å². The van der Waals surface area contributed by atoms with Gasteiger partial charge in [-0.3, -0.25) is 4.79 Å². The number of carbonyl (C=O) groups is 1. The fourth-order valence-electron chi connectivity index (χ4n) is 3.83. The zero-order chi connectivity index (χ0) is 20.5. The van der Waals surface area contributed by atoms with Gasteiger partial charge in [0.2, 0.25) is 0 Å². The maximum absolute atomic E-state index is 12.2. The number of nitrogens with one attached hydrogen (secondary N) is 1. The molecule has 2 aromatic carbocycles. The summed E-state index contributed by atoms with van der Waals surface area (Å²) in [5.74, 6) is -0.314. The van der Waals surface area contributed by atoms with Crippen LogP contribution in [0.4, 0.5) is 5.69 Å². The van der Waals surface area contributed by atoms with Crippen LogP contribution in [0.1, 0.15) is 54.7 Å². The third kappa shape index (κ3) is 3.79. The first-order chi connectivity index (χ1) is 13.2. The molecule has 0 spiro atoms. The predicted octanol–water partition coefficient (Wildman–Crippen LogP) is 4.49. The zero-order valence-electron chi connectivity index (χ0n) is 17.1. The van der Waals surface area contributed by atoms with E-state index in [-0.39, 0.29) is 17.2 Å². The Morgan fingerprint density at radius 3 is 2.68 bits per heavy atom. The first kappa shape index (κ1) is 19.7. The van der Waals surface area contributed by atoms with Crippen molar-refractivity contribution in [2.45, 2.75) is 40.2 Å². The molecule has 0 saturated carbocycles. The number of amides is 1. The van der Waals surface area contributed by atoms with E-state index in [1.807, 2.05) is 6.92 Å². The minimum Gasteiger partial charge on any atom is -0.508 e. The molecule has 2 N–H and O–H groups in total. The summed E-state index contributed by atoms with van der Waals surface area (Å²) in [4.78, 5) is 14.6. The number of phenols is 1. The largest absolute Gasteiger partial charge is 0.508 e. The van der Waals surface area contributed by atoms with Crippen LogP contribution in [0.3, 0.4) is 0 Å². The van der Waals surface area contributed by atoms with Crippen molar-refractivity contribution in [1.82, 2.24) is 5.43 Å². The van der Waals surface area contributed by atoms with Crippen molar-refractivity contribution in [3.63, 3.8) is 0 Å². The topological polar surface area (TPSA) is 64.9 Å². The molecule has 2 aromatic rings. The van der Waals surface area contributed by atoms with Gasteiger partial charge in [-0.2, -0.15) is 5.10 Å². The summed E-state index contributed by atoms with van der Waals surface area (Å²) in [6.07, 6.45) is 3.96. The van der Waals surface area contributed by atoms with Gasteiger partial charge in [0, 0.05) is 23.4 Å². The van der Waals surface area contributed by atoms with E-state index in [1.165, 1.54) is 29.0 Å². The number of hydrazone groups is 1. The van der Waals surface area contributed by atoms with Crippen molar-refractivity contribution in [2.24, 2.45) is 5.10 Å². The molecule has 1 aliphatic rings. The highest BCUT2D eigenvalue weighted by atomic mass is 16.3. The van der Waals surface area contributed by atoms with Gasteiger partial charge in [-0.25, -0.2) is 5.43 Å². The Balaban J connectivity index is 1.85. The standard InChI is InChI=1S/C23H27N3O2/c1-6-26-21-10-15(2)18(12-20(21)16(3)13-23(26,4)5)14-24-25-22(28)17-8-7-9-19(27)11-17/h7-14,27H,6H2,1-5H3,(H,25,28)/b24-14+. The van der Waals surface area contributed by atoms with Gasteiger partial charge in [0.05, 0.1) is 11.8 Å². The molecule has 0 saturated heterocycles. The third-order valence-electron chi connectivity index (χ3n) is 5.16. The van der Waals surface area contributed by atoms with E-state index < -0.39 is 0 Å². The van der Waals surface area contributed by atoms with Gasteiger partial charge in [-0.15, -0.1) is 0 Å². The van der Waals surface area contributed by atoms with Crippen LogP contribution in [0.5, 0.6) is 5.75 Å². The summed E-state index contributed by atoms with van der Waals surface area (Å²) < 4.78 is 0. The second-order valence-corrected chi connectivity index (χ2v) is 7.70. The molecule has 1 heterocycles. The van der Waals surface area contributed by atoms with Gasteiger partial charge in [-0.1, -0.05) is 12.1 Å². The zero-order valence-corrected chi connectivity index (χ0v) is 17.1. The highest BCUT2D eigenvalue weighted by Crippen LogP contribution is 2.39. The van der Waals surface area contributed by atoms with Crippen LogP contribution in [0.15, 0.2) is 47.6 Å². The first-order valence-corrected chi connectivity index (χ1v) is 9.47. The van der Waals surface area contributed by atoms with E-state index in [0.29, 0.717) is 5.56 Å². The number of aromatic hydroxyl groups is 1. The first-order valence-electron chi connectivity index (χ1n) is 9.47. The van der Waals surface area contributed by atoms with Crippen molar-refractivity contribution in [3.8, 4) is 5.75 Å². The number of fused-ring (bicyclic) bond motifs is 1. The molecular weight excluding hydrogens is 350 g/mol. The molecule has 28 heavy (non-hydrogen) atoms. The molecule has 0 bridgehead atoms. The molecule has 3 rings (SSSR count). The molecule has 0 unspecified atom stereocenters. The van der Waals surface area contributed by atoms with Crippen LogP contribution in [-0.4, -0.2) is 29.3 Å². The molecule has 0 radical (unpaired) electrons. The lowest BCUT2D eigenvalue weighted by Gasteiger charge is -2.43. The fraction of sp³-hybridized carbons (Fsp3) is 0.304. The van der Waals surface area contributed by atoms with E-state index in [9.17, 15) is 9.90 Å². The van der Waals surface area contributed by atoms with Crippen LogP contribution in [-0.2, 0) is 0 Å². The average Bonchev–Trinajstić information content (AvgIpc) is 2.62. The molecule has 5 heteroatoms. The summed E-state index contributed by atoms with van der Waals surface area (Å²) in [5, 5.41) is 13.6. The van der Waals surface area contributed by atoms with Gasteiger partial charge in [-0.05, 0) is 81.7 Å². The Morgan fingerprint density at radius 1 is 1.25 bits per heavy atom. The second kappa shape index (κ2) is 7.50. The number of benzene rings is 2. The Bertz CT molecular complexity index is 974. The van der Waals surface area contributed by atoms with Crippen LogP contribution in [0, 0.1) is 6.92 Å². The van der Waals surface area contributed by atoms with Crippen LogP contribution in [0.25, 0.3) is 5.57 Å². The Morgan fingerprint density at radius 2 is 2.00 bits per heavy atom. The molecule has 0 aromatic heterocycles. The average molecular weight is 377 g/mol. The van der Waals surface area contributed by atoms with E-state index in [1.54, 1.807) is 18.3 Å². The minimum atomic E-state index is -0.363. The second-order valence-electron chi connectivity index (χ2n) is 7.70. The van der Waals surface area contributed by atoms with Crippen LogP contribution < -0.4 is 10.3 Å². The number of allylic oxidation sites excluding steroid dienone is 1. The number of rotatable bonds is 4. The summed E-state index contributed by atoms with van der Waals surface area (Å²) in [6.45, 7) is 11.7. The predicted molar refractivity (Wildman–Crippen MR) is 115 cm³/mol. The minimum absolute atomic E-state index is 0.0247. The van der Waals surface area contributed by atoms with Crippen molar-refractivity contribution in [1.29, 1.82) is 0 Å². The molecule has 146 valence electrons. The third-order valence-corrected chi connectivity index (χ3v) is 5.16. The van der Waals surface area contributed by atoms with Crippen LogP contribution >= 0.6 is 0 Å². The number of aryl methyl sites for hydroxylation is 1. The normalized spacial score (nSPS) is 15.3. The number of hydrogen-bond acceptors (Lipinski definition) is 4. The molecular formula is C23H27N3O2. The number of phenolic OH excluding ortho intramolecular Hbond substituents is 1. The highest BCUT2D eigenvalue weighted by molar-refractivity contribution is 5.95. The molecule has 1 amide bonds. The Kier molecular flexibility index (Phi) is 5.27. The maximum Gasteiger partial charge on any atom is 0.271 e. The lowest BCUT2D eigenvalue weighted by atomic mass is 9.87. The quantitative estimate of drug-likeness (QED) is 0.610. The molecule has 0 aliphatic carbocycles. The number of carbonyl (C=O) groups excluding carboxylic acids is 1. The van der Waals surface area contributed by atoms with Crippen molar-refractivity contribution in [2.75, 3.05) is 11.4 Å². The van der Waals surface area contributed by atoms with Gasteiger partial charge in [0.1, 0.15) is 5.75 Å². The summed E-state index contributed by atoms with van der Waals surface area (Å²) >= 11 is 0. The molecule has 0 atom stereocenters. The van der Waals surface area contributed by atoms with Gasteiger partial charge in [0.25, 0.3) is 5.91 Å². The van der Waals surface area contributed by atoms with Crippen LogP contribution in [0.2, 0.25) is 0 Å². The summed E-state index contributed by atoms with van der Waals surface area (Å²) in [5.41, 5.74) is 8.56. The maximum atomic E-state index is 12.2. The van der Waals surface area contributed by atoms with Gasteiger partial charge in [0.15, 0.2) is 0 Å². The van der Waals surface area contributed by atoms with Gasteiger partial charge >= 0.3 is 0 Å². The number of nitrogens with zero attached hydrogens (tertiary/aromatic N) is 2. The van der Waals surface area contributed by atoms with E-state index in [2.05, 4.69) is 61.3 Å². The van der Waals surface area contributed by atoms with Gasteiger partial charge < -0.3 is 10.0 Å². The SMILES string of the molecule is CCN1c2cc(C)c(/C=N/NC(=O)c3cccc(O)c3)cc2C(C)=CC1(C)C. The smallest absolute Gasteiger partial charge is 0.271 e. The Labute approximate surface area is 166 Å². The van der Waals surface area contributed by atoms with E-state index in [0.717, 1.165) is 17.7 Å². The van der Waals surface area contributed by atoms with Crippen molar-refractivity contribution >= 4 is 23.4 Å². The fourth-order valence-corrected chi connectivity index (χ4v) is 3.83. The highest BCUT2D eigenvalue weighted by Gasteiger charge is 2.30. The van der Waals surface area contributed by atoms with E-state index >= 15 is 0 Å². The molecule has 0 fully saturated rings. The number of hydrogen-bond donors (Lipinski definition) is 2. The lowest BCUT2D eigenvalue weighted by molar-refractivity contribution is 0.0954.